The van der Waals surface area contributed by atoms with E-state index < -0.39 is 51.8 Å². The normalized spacial score (nSPS) is 21.7. The van der Waals surface area contributed by atoms with Gasteiger partial charge in [0.15, 0.2) is 0 Å². The molecule has 1 heterocycles. The number of sulfonamides is 1. The van der Waals surface area contributed by atoms with E-state index in [0.717, 1.165) is 31.2 Å². The molecule has 5 rings (SSSR count). The Hall–Kier alpha value is -3.55. The van der Waals surface area contributed by atoms with Crippen LogP contribution in [0.25, 0.3) is 0 Å². The zero-order valence-electron chi connectivity index (χ0n) is 24.0. The molecule has 0 unspecified atom stereocenters. The van der Waals surface area contributed by atoms with Gasteiger partial charge in [-0.15, -0.1) is 0 Å². The lowest BCUT2D eigenvalue weighted by atomic mass is 9.76. The van der Waals surface area contributed by atoms with E-state index in [1.807, 2.05) is 0 Å². The second kappa shape index (κ2) is 13.4. The van der Waals surface area contributed by atoms with Crippen molar-refractivity contribution in [1.82, 2.24) is 15.1 Å². The molecular weight excluding hydrogens is 648 g/mol. The number of carbonyl (C=O) groups is 3. The third kappa shape index (κ3) is 7.31. The summed E-state index contributed by atoms with van der Waals surface area (Å²) in [6.45, 7) is -0.351. The fraction of sp³-hybridized carbons (Fsp3) is 0.323. The highest BCUT2D eigenvalue weighted by atomic mass is 35.5. The van der Waals surface area contributed by atoms with E-state index in [0.29, 0.717) is 29.0 Å². The van der Waals surface area contributed by atoms with Gasteiger partial charge < -0.3 is 10.0 Å². The molecule has 0 spiro atoms. The summed E-state index contributed by atoms with van der Waals surface area (Å²) >= 11 is 12.9. The van der Waals surface area contributed by atoms with E-state index in [9.17, 15) is 32.3 Å². The molecule has 1 fully saturated rings. The lowest BCUT2D eigenvalue weighted by Crippen LogP contribution is -2.59. The first kappa shape index (κ1) is 32.8. The largest absolute Gasteiger partial charge is 0.478 e. The van der Waals surface area contributed by atoms with Crippen molar-refractivity contribution < 1.29 is 37.1 Å². The van der Waals surface area contributed by atoms with E-state index in [1.54, 1.807) is 41.3 Å². The van der Waals surface area contributed by atoms with Crippen LogP contribution in [-0.4, -0.2) is 54.5 Å². The topological polar surface area (TPSA) is 142 Å². The van der Waals surface area contributed by atoms with E-state index in [2.05, 4.69) is 10.2 Å². The monoisotopic (exact) mass is 677 g/mol. The molecule has 45 heavy (non-hydrogen) atoms. The highest BCUT2D eigenvalue weighted by Gasteiger charge is 2.49. The lowest BCUT2D eigenvalue weighted by Gasteiger charge is -2.49. The van der Waals surface area contributed by atoms with Crippen molar-refractivity contribution in [2.45, 2.75) is 56.3 Å². The second-order valence-corrected chi connectivity index (χ2v) is 13.8. The number of hydroxylamine groups is 1. The first-order valence-corrected chi connectivity index (χ1v) is 16.8. The number of rotatable bonds is 9. The molecule has 10 nitrogen and oxygen atoms in total. The molecule has 3 aromatic carbocycles. The summed E-state index contributed by atoms with van der Waals surface area (Å²) in [4.78, 5) is 46.7. The molecule has 3 aromatic rings. The smallest absolute Gasteiger partial charge is 0.335 e. The van der Waals surface area contributed by atoms with Gasteiger partial charge in [-0.1, -0.05) is 60.3 Å². The van der Waals surface area contributed by atoms with E-state index in [4.69, 9.17) is 28.0 Å². The van der Waals surface area contributed by atoms with Gasteiger partial charge in [0.25, 0.3) is 11.8 Å². The molecule has 0 saturated heterocycles. The number of fused-ring (bicyclic) bond motifs is 1. The number of benzene rings is 3. The Morgan fingerprint density at radius 3 is 2.49 bits per heavy atom. The summed E-state index contributed by atoms with van der Waals surface area (Å²) in [5.41, 5.74) is 3.37. The van der Waals surface area contributed by atoms with Crippen molar-refractivity contribution in [2.75, 3.05) is 6.26 Å². The summed E-state index contributed by atoms with van der Waals surface area (Å²) in [6, 6.07) is 12.3. The summed E-state index contributed by atoms with van der Waals surface area (Å²) < 4.78 is 41.4. The fourth-order valence-corrected chi connectivity index (χ4v) is 7.58. The number of carbonyl (C=O) groups excluding carboxylic acids is 2. The van der Waals surface area contributed by atoms with Crippen LogP contribution in [0.4, 0.5) is 4.39 Å². The van der Waals surface area contributed by atoms with Crippen molar-refractivity contribution in [3.05, 3.63) is 104 Å². The fourth-order valence-electron chi connectivity index (χ4n) is 6.24. The number of carboxylic acids is 1. The number of hydrogen-bond acceptors (Lipinski definition) is 6. The van der Waals surface area contributed by atoms with Crippen LogP contribution in [0.3, 0.4) is 0 Å². The molecule has 0 aromatic heterocycles. The third-order valence-electron chi connectivity index (χ3n) is 8.01. The van der Waals surface area contributed by atoms with E-state index >= 15 is 0 Å². The minimum atomic E-state index is -3.64. The Bertz CT molecular complexity index is 1760. The quantitative estimate of drug-likeness (QED) is 0.264. The number of halogens is 3. The number of amides is 2. The van der Waals surface area contributed by atoms with Gasteiger partial charge in [-0.25, -0.2) is 27.8 Å². The Labute approximate surface area is 269 Å². The molecule has 4 atom stereocenters. The van der Waals surface area contributed by atoms with Crippen LogP contribution in [0.15, 0.2) is 60.7 Å². The van der Waals surface area contributed by atoms with E-state index in [1.165, 1.54) is 12.1 Å². The lowest BCUT2D eigenvalue weighted by molar-refractivity contribution is -0.138. The van der Waals surface area contributed by atoms with Crippen LogP contribution in [0.1, 0.15) is 75.0 Å². The Balaban J connectivity index is 1.56. The Morgan fingerprint density at radius 2 is 1.78 bits per heavy atom. The molecule has 1 saturated carbocycles. The highest BCUT2D eigenvalue weighted by molar-refractivity contribution is 7.88. The SMILES string of the molecule is CS(=O)(=O)N[C@H]1CCCC[C@@H]1N1C(=O)c2ccccc2[C@@H](C(=O)NOCc2cc(F)cc(C(=O)O)c2)[C@@H]1c1ccc(Cl)cc1Cl. The first-order valence-electron chi connectivity index (χ1n) is 14.1. The van der Waals surface area contributed by atoms with Crippen molar-refractivity contribution in [1.29, 1.82) is 0 Å². The molecule has 0 radical (unpaired) electrons. The predicted octanol–water partition coefficient (Wildman–Crippen LogP) is 5.22. The zero-order valence-corrected chi connectivity index (χ0v) is 26.3. The molecule has 238 valence electrons. The standard InChI is InChI=1S/C31H30Cl2FN3O7S/c1-45(42,43)36-25-8-4-5-9-26(25)37-28(23-11-10-19(32)15-24(23)33)27(21-6-2-3-7-22(21)30(37)39)29(38)35-44-16-17-12-18(31(40)41)14-20(34)13-17/h2-3,6-7,10-15,25-28,36H,4-5,8-9,16H2,1H3,(H,35,38)(H,40,41)/t25-,26-,27+,28-/m0/s1. The molecule has 14 heteroatoms. The highest BCUT2D eigenvalue weighted by Crippen LogP contribution is 2.47. The number of nitrogens with zero attached hydrogens (tertiary/aromatic N) is 1. The van der Waals surface area contributed by atoms with Crippen molar-refractivity contribution in [3.8, 4) is 0 Å². The van der Waals surface area contributed by atoms with Crippen molar-refractivity contribution >= 4 is 51.0 Å². The van der Waals surface area contributed by atoms with Gasteiger partial charge in [-0.2, -0.15) is 0 Å². The first-order chi connectivity index (χ1) is 21.3. The molecule has 2 amide bonds. The zero-order chi connectivity index (χ0) is 32.5. The number of carboxylic acid groups (broad SMARTS) is 1. The average molecular weight is 679 g/mol. The summed E-state index contributed by atoms with van der Waals surface area (Å²) in [5.74, 6) is -4.23. The maximum absolute atomic E-state index is 14.3. The summed E-state index contributed by atoms with van der Waals surface area (Å²) in [6.07, 6.45) is 3.49. The van der Waals surface area contributed by atoms with Crippen LogP contribution >= 0.6 is 23.2 Å². The number of hydrogen-bond donors (Lipinski definition) is 3. The van der Waals surface area contributed by atoms with Gasteiger partial charge >= 0.3 is 5.97 Å². The maximum Gasteiger partial charge on any atom is 0.335 e. The van der Waals surface area contributed by atoms with Gasteiger partial charge in [0.1, 0.15) is 5.82 Å². The summed E-state index contributed by atoms with van der Waals surface area (Å²) in [7, 11) is -3.64. The number of aromatic carboxylic acids is 1. The van der Waals surface area contributed by atoms with Crippen molar-refractivity contribution in [2.24, 2.45) is 0 Å². The van der Waals surface area contributed by atoms with Gasteiger partial charge in [-0.05, 0) is 65.9 Å². The van der Waals surface area contributed by atoms with Crippen LogP contribution in [-0.2, 0) is 26.3 Å². The Morgan fingerprint density at radius 1 is 1.04 bits per heavy atom. The van der Waals surface area contributed by atoms with Crippen LogP contribution in [0.2, 0.25) is 10.0 Å². The molecule has 3 N–H and O–H groups in total. The average Bonchev–Trinajstić information content (AvgIpc) is 2.96. The minimum Gasteiger partial charge on any atom is -0.478 e. The molecule has 1 aliphatic heterocycles. The number of nitrogens with one attached hydrogen (secondary N) is 2. The molecule has 1 aliphatic carbocycles. The summed E-state index contributed by atoms with van der Waals surface area (Å²) in [5, 5.41) is 9.80. The van der Waals surface area contributed by atoms with Crippen molar-refractivity contribution in [3.63, 3.8) is 0 Å². The third-order valence-corrected chi connectivity index (χ3v) is 9.30. The Kier molecular flexibility index (Phi) is 9.80. The van der Waals surface area contributed by atoms with Crippen LogP contribution in [0, 0.1) is 5.82 Å². The van der Waals surface area contributed by atoms with Gasteiger partial charge in [-0.3, -0.25) is 14.4 Å². The van der Waals surface area contributed by atoms with Gasteiger partial charge in [0.2, 0.25) is 10.0 Å². The molecular formula is C31H30Cl2FN3O7S. The predicted molar refractivity (Wildman–Crippen MR) is 165 cm³/mol. The van der Waals surface area contributed by atoms with Crippen LogP contribution < -0.4 is 10.2 Å². The minimum absolute atomic E-state index is 0.169. The molecule has 2 aliphatic rings. The second-order valence-electron chi connectivity index (χ2n) is 11.1. The maximum atomic E-state index is 14.3. The van der Waals surface area contributed by atoms with Gasteiger partial charge in [0.05, 0.1) is 30.4 Å². The van der Waals surface area contributed by atoms with E-state index in [-0.39, 0.29) is 34.2 Å². The van der Waals surface area contributed by atoms with Gasteiger partial charge in [0, 0.05) is 27.7 Å². The molecule has 0 bridgehead atoms. The van der Waals surface area contributed by atoms with Crippen LogP contribution in [0.5, 0.6) is 0 Å².